The topological polar surface area (TPSA) is 32.8 Å². The number of halogens is 1. The highest BCUT2D eigenvalue weighted by Gasteiger charge is 2.32. The van der Waals surface area contributed by atoms with E-state index in [2.05, 4.69) is 15.9 Å². The molecule has 0 aromatic heterocycles. The van der Waals surface area contributed by atoms with Crippen molar-refractivity contribution >= 4 is 15.9 Å². The summed E-state index contributed by atoms with van der Waals surface area (Å²) >= 11 is 3.35. The van der Waals surface area contributed by atoms with Crippen LogP contribution >= 0.6 is 15.9 Å². The van der Waals surface area contributed by atoms with Crippen LogP contribution in [-0.2, 0) is 4.74 Å². The number of ether oxygens (including phenoxy) is 1. The van der Waals surface area contributed by atoms with Crippen molar-refractivity contribution in [3.8, 4) is 0 Å². The van der Waals surface area contributed by atoms with E-state index in [1.807, 2.05) is 24.3 Å². The van der Waals surface area contributed by atoms with Crippen molar-refractivity contribution in [2.75, 3.05) is 6.61 Å². The SMILES string of the molecule is O[C@H](c1cccc(Br)c1)[C@@H]1CO1. The third kappa shape index (κ3) is 1.68. The molecular formula is C9H9BrO2. The molecular weight excluding hydrogens is 220 g/mol. The lowest BCUT2D eigenvalue weighted by Gasteiger charge is -2.06. The molecule has 0 unspecified atom stereocenters. The lowest BCUT2D eigenvalue weighted by Crippen LogP contribution is -2.04. The molecule has 0 radical (unpaired) electrons. The van der Waals surface area contributed by atoms with Gasteiger partial charge < -0.3 is 9.84 Å². The fourth-order valence-electron chi connectivity index (χ4n) is 1.14. The maximum atomic E-state index is 9.64. The summed E-state index contributed by atoms with van der Waals surface area (Å²) in [5.41, 5.74) is 0.909. The van der Waals surface area contributed by atoms with Gasteiger partial charge in [-0.3, -0.25) is 0 Å². The first-order chi connectivity index (χ1) is 5.77. The van der Waals surface area contributed by atoms with Crippen LogP contribution < -0.4 is 0 Å². The van der Waals surface area contributed by atoms with Gasteiger partial charge in [0.05, 0.1) is 6.61 Å². The van der Waals surface area contributed by atoms with Crippen LogP contribution in [0, 0.1) is 0 Å². The molecule has 1 N–H and O–H groups in total. The van der Waals surface area contributed by atoms with Crippen LogP contribution in [0.1, 0.15) is 11.7 Å². The zero-order valence-electron chi connectivity index (χ0n) is 6.40. The van der Waals surface area contributed by atoms with Crippen LogP contribution in [0.3, 0.4) is 0 Å². The molecule has 3 heteroatoms. The van der Waals surface area contributed by atoms with Gasteiger partial charge in [-0.15, -0.1) is 0 Å². The largest absolute Gasteiger partial charge is 0.386 e. The predicted octanol–water partition coefficient (Wildman–Crippen LogP) is 1.88. The van der Waals surface area contributed by atoms with Gasteiger partial charge in [-0.05, 0) is 17.7 Å². The molecule has 64 valence electrons. The van der Waals surface area contributed by atoms with Crippen molar-refractivity contribution in [3.05, 3.63) is 34.3 Å². The standard InChI is InChI=1S/C9H9BrO2/c10-7-3-1-2-6(4-7)9(11)8-5-12-8/h1-4,8-9,11H,5H2/t8-,9+/m0/s1. The second-order valence-electron chi connectivity index (χ2n) is 2.87. The molecule has 1 aromatic rings. The van der Waals surface area contributed by atoms with E-state index in [1.54, 1.807) is 0 Å². The molecule has 0 saturated carbocycles. The molecule has 1 aromatic carbocycles. The number of hydrogen-bond acceptors (Lipinski definition) is 2. The van der Waals surface area contributed by atoms with E-state index in [0.29, 0.717) is 6.61 Å². The molecule has 0 bridgehead atoms. The summed E-state index contributed by atoms with van der Waals surface area (Å²) in [6.07, 6.45) is -0.457. The fourth-order valence-corrected chi connectivity index (χ4v) is 1.56. The smallest absolute Gasteiger partial charge is 0.111 e. The summed E-state index contributed by atoms with van der Waals surface area (Å²) in [6, 6.07) is 7.65. The monoisotopic (exact) mass is 228 g/mol. The van der Waals surface area contributed by atoms with E-state index in [0.717, 1.165) is 10.0 Å². The molecule has 0 spiro atoms. The molecule has 0 amide bonds. The maximum absolute atomic E-state index is 9.64. The molecule has 1 aliphatic heterocycles. The van der Waals surface area contributed by atoms with E-state index in [1.165, 1.54) is 0 Å². The Labute approximate surface area is 79.3 Å². The van der Waals surface area contributed by atoms with Gasteiger partial charge in [-0.2, -0.15) is 0 Å². The highest BCUT2D eigenvalue weighted by Crippen LogP contribution is 2.28. The lowest BCUT2D eigenvalue weighted by molar-refractivity contribution is 0.137. The second kappa shape index (κ2) is 3.17. The number of benzene rings is 1. The normalized spacial score (nSPS) is 23.7. The Balaban J connectivity index is 2.20. The molecule has 1 aliphatic rings. The molecule has 2 atom stereocenters. The Hall–Kier alpha value is -0.380. The van der Waals surface area contributed by atoms with E-state index >= 15 is 0 Å². The minimum Gasteiger partial charge on any atom is -0.386 e. The number of aliphatic hydroxyl groups excluding tert-OH is 1. The Morgan fingerprint density at radius 1 is 1.58 bits per heavy atom. The number of hydrogen-bond donors (Lipinski definition) is 1. The Morgan fingerprint density at radius 2 is 2.33 bits per heavy atom. The van der Waals surface area contributed by atoms with Gasteiger partial charge in [-0.1, -0.05) is 28.1 Å². The number of epoxide rings is 1. The van der Waals surface area contributed by atoms with E-state index in [4.69, 9.17) is 4.74 Å². The predicted molar refractivity (Wildman–Crippen MR) is 48.8 cm³/mol. The van der Waals surface area contributed by atoms with Crippen molar-refractivity contribution < 1.29 is 9.84 Å². The molecule has 2 rings (SSSR count). The van der Waals surface area contributed by atoms with Gasteiger partial charge in [0.25, 0.3) is 0 Å². The average molecular weight is 229 g/mol. The van der Waals surface area contributed by atoms with Crippen LogP contribution in [0.15, 0.2) is 28.7 Å². The van der Waals surface area contributed by atoms with Gasteiger partial charge in [0.15, 0.2) is 0 Å². The lowest BCUT2D eigenvalue weighted by atomic mass is 10.1. The minimum atomic E-state index is -0.470. The molecule has 0 aliphatic carbocycles. The van der Waals surface area contributed by atoms with E-state index < -0.39 is 6.10 Å². The first kappa shape index (κ1) is 8.23. The van der Waals surface area contributed by atoms with Crippen LogP contribution in [-0.4, -0.2) is 17.8 Å². The summed E-state index contributed by atoms with van der Waals surface area (Å²) in [5, 5.41) is 9.64. The first-order valence-electron chi connectivity index (χ1n) is 3.82. The van der Waals surface area contributed by atoms with E-state index in [9.17, 15) is 5.11 Å². The van der Waals surface area contributed by atoms with Crippen molar-refractivity contribution in [1.29, 1.82) is 0 Å². The van der Waals surface area contributed by atoms with Crippen LogP contribution in [0.25, 0.3) is 0 Å². The molecule has 1 heterocycles. The Morgan fingerprint density at radius 3 is 2.92 bits per heavy atom. The van der Waals surface area contributed by atoms with E-state index in [-0.39, 0.29) is 6.10 Å². The number of rotatable bonds is 2. The van der Waals surface area contributed by atoms with Crippen LogP contribution in [0.5, 0.6) is 0 Å². The number of aliphatic hydroxyl groups is 1. The van der Waals surface area contributed by atoms with Gasteiger partial charge in [0, 0.05) is 4.47 Å². The molecule has 12 heavy (non-hydrogen) atoms. The quantitative estimate of drug-likeness (QED) is 0.785. The summed E-state index contributed by atoms with van der Waals surface area (Å²) in [6.45, 7) is 0.674. The summed E-state index contributed by atoms with van der Waals surface area (Å²) in [7, 11) is 0. The third-order valence-corrected chi connectivity index (χ3v) is 2.39. The second-order valence-corrected chi connectivity index (χ2v) is 3.79. The molecule has 1 fully saturated rings. The van der Waals surface area contributed by atoms with Gasteiger partial charge in [-0.25, -0.2) is 0 Å². The van der Waals surface area contributed by atoms with Crippen molar-refractivity contribution in [2.45, 2.75) is 12.2 Å². The molecule has 1 saturated heterocycles. The maximum Gasteiger partial charge on any atom is 0.111 e. The summed E-state index contributed by atoms with van der Waals surface area (Å²) in [4.78, 5) is 0. The van der Waals surface area contributed by atoms with Gasteiger partial charge in [0.1, 0.15) is 12.2 Å². The first-order valence-corrected chi connectivity index (χ1v) is 4.62. The van der Waals surface area contributed by atoms with Gasteiger partial charge in [0.2, 0.25) is 0 Å². The van der Waals surface area contributed by atoms with Gasteiger partial charge >= 0.3 is 0 Å². The minimum absolute atomic E-state index is 0.0132. The van der Waals surface area contributed by atoms with Crippen molar-refractivity contribution in [2.24, 2.45) is 0 Å². The summed E-state index contributed by atoms with van der Waals surface area (Å²) < 4.78 is 5.99. The average Bonchev–Trinajstić information content (AvgIpc) is 2.85. The van der Waals surface area contributed by atoms with Crippen LogP contribution in [0.4, 0.5) is 0 Å². The zero-order chi connectivity index (χ0) is 8.55. The summed E-state index contributed by atoms with van der Waals surface area (Å²) in [5.74, 6) is 0. The zero-order valence-corrected chi connectivity index (χ0v) is 7.99. The van der Waals surface area contributed by atoms with Crippen LogP contribution in [0.2, 0.25) is 0 Å². The Bertz CT molecular complexity index is 284. The van der Waals surface area contributed by atoms with Crippen molar-refractivity contribution in [3.63, 3.8) is 0 Å². The van der Waals surface area contributed by atoms with Crippen molar-refractivity contribution in [1.82, 2.24) is 0 Å². The highest BCUT2D eigenvalue weighted by molar-refractivity contribution is 9.10. The fraction of sp³-hybridized carbons (Fsp3) is 0.333. The molecule has 2 nitrogen and oxygen atoms in total. The highest BCUT2D eigenvalue weighted by atomic mass is 79.9. The Kier molecular flexibility index (Phi) is 2.17. The third-order valence-electron chi connectivity index (χ3n) is 1.90.